The molecule has 1 fully saturated rings. The summed E-state index contributed by atoms with van der Waals surface area (Å²) in [5.74, 6) is 0.0262. The Balaban J connectivity index is 1.62. The Morgan fingerprint density at radius 1 is 1.04 bits per heavy atom. The summed E-state index contributed by atoms with van der Waals surface area (Å²) in [5, 5.41) is 11.1. The predicted molar refractivity (Wildman–Crippen MR) is 109 cm³/mol. The van der Waals surface area contributed by atoms with Crippen molar-refractivity contribution >= 4 is 5.91 Å². The number of aliphatic hydroxyl groups is 1. The fourth-order valence-electron chi connectivity index (χ4n) is 3.46. The summed E-state index contributed by atoms with van der Waals surface area (Å²) in [5.41, 5.74) is 2.37. The van der Waals surface area contributed by atoms with Crippen molar-refractivity contribution in [1.29, 1.82) is 0 Å². The van der Waals surface area contributed by atoms with Gasteiger partial charge in [0, 0.05) is 25.7 Å². The van der Waals surface area contributed by atoms with Crippen LogP contribution in [0.5, 0.6) is 0 Å². The molecule has 3 rings (SSSR count). The molecule has 0 aromatic heterocycles. The van der Waals surface area contributed by atoms with Gasteiger partial charge in [-0.2, -0.15) is 0 Å². The number of nitrogens with zero attached hydrogens (tertiary/aromatic N) is 2. The molecule has 1 aliphatic heterocycles. The summed E-state index contributed by atoms with van der Waals surface area (Å²) < 4.78 is 0. The molecular formula is C23H28N2O2. The van der Waals surface area contributed by atoms with Crippen molar-refractivity contribution in [3.63, 3.8) is 0 Å². The van der Waals surface area contributed by atoms with E-state index in [9.17, 15) is 9.90 Å². The molecule has 2 aromatic rings. The van der Waals surface area contributed by atoms with Crippen LogP contribution in [0.3, 0.4) is 0 Å². The molecule has 0 bridgehead atoms. The molecule has 142 valence electrons. The van der Waals surface area contributed by atoms with Crippen molar-refractivity contribution in [3.05, 3.63) is 72.3 Å². The summed E-state index contributed by atoms with van der Waals surface area (Å²) in [6.07, 6.45) is 4.64. The SMILES string of the molecule is CN(C)C/C=C/C(=O)N1CCC(O)(c2ccc(-c3ccccc3)cc2)CC1. The number of amides is 1. The number of hydrogen-bond donors (Lipinski definition) is 1. The quantitative estimate of drug-likeness (QED) is 0.828. The standard InChI is InChI=1S/C23H28N2O2/c1-24(2)16-6-9-22(26)25-17-14-23(27,15-18-25)21-12-10-20(11-13-21)19-7-4-3-5-8-19/h3-13,27H,14-18H2,1-2H3/b9-6+. The largest absolute Gasteiger partial charge is 0.385 e. The molecule has 2 aromatic carbocycles. The second kappa shape index (κ2) is 8.51. The minimum Gasteiger partial charge on any atom is -0.385 e. The van der Waals surface area contributed by atoms with Crippen LogP contribution in [-0.2, 0) is 10.4 Å². The number of carbonyl (C=O) groups excluding carboxylic acids is 1. The number of rotatable bonds is 5. The van der Waals surface area contributed by atoms with Crippen molar-refractivity contribution < 1.29 is 9.90 Å². The van der Waals surface area contributed by atoms with Gasteiger partial charge in [0.1, 0.15) is 0 Å². The topological polar surface area (TPSA) is 43.8 Å². The highest BCUT2D eigenvalue weighted by Gasteiger charge is 2.34. The maximum atomic E-state index is 12.3. The third kappa shape index (κ3) is 4.85. The predicted octanol–water partition coefficient (Wildman–Crippen LogP) is 3.28. The molecule has 27 heavy (non-hydrogen) atoms. The fourth-order valence-corrected chi connectivity index (χ4v) is 3.46. The maximum absolute atomic E-state index is 12.3. The van der Waals surface area contributed by atoms with Gasteiger partial charge in [-0.3, -0.25) is 4.79 Å². The first kappa shape index (κ1) is 19.3. The molecule has 0 atom stereocenters. The Kier molecular flexibility index (Phi) is 6.09. The van der Waals surface area contributed by atoms with Crippen LogP contribution in [0.25, 0.3) is 11.1 Å². The molecule has 0 spiro atoms. The average molecular weight is 364 g/mol. The van der Waals surface area contributed by atoms with E-state index in [1.165, 1.54) is 5.56 Å². The zero-order valence-electron chi connectivity index (χ0n) is 16.1. The van der Waals surface area contributed by atoms with Crippen molar-refractivity contribution in [2.24, 2.45) is 0 Å². The van der Waals surface area contributed by atoms with E-state index >= 15 is 0 Å². The van der Waals surface area contributed by atoms with Crippen LogP contribution < -0.4 is 0 Å². The van der Waals surface area contributed by atoms with Crippen molar-refractivity contribution in [2.75, 3.05) is 33.7 Å². The normalized spacial score (nSPS) is 16.8. The van der Waals surface area contributed by atoms with Gasteiger partial charge in [-0.05, 0) is 43.6 Å². The van der Waals surface area contributed by atoms with Crippen molar-refractivity contribution in [1.82, 2.24) is 9.80 Å². The first-order valence-electron chi connectivity index (χ1n) is 9.46. The second-order valence-electron chi connectivity index (χ2n) is 7.46. The first-order chi connectivity index (χ1) is 13.0. The Hall–Kier alpha value is -2.43. The fraction of sp³-hybridized carbons (Fsp3) is 0.348. The number of hydrogen-bond acceptors (Lipinski definition) is 3. The van der Waals surface area contributed by atoms with Gasteiger partial charge < -0.3 is 14.9 Å². The Labute approximate surface area is 161 Å². The zero-order chi connectivity index (χ0) is 19.3. The van der Waals surface area contributed by atoms with Crippen molar-refractivity contribution in [3.8, 4) is 11.1 Å². The molecule has 0 aliphatic carbocycles. The van der Waals surface area contributed by atoms with E-state index in [-0.39, 0.29) is 5.91 Å². The highest BCUT2D eigenvalue weighted by atomic mass is 16.3. The van der Waals surface area contributed by atoms with Crippen molar-refractivity contribution in [2.45, 2.75) is 18.4 Å². The van der Waals surface area contributed by atoms with Gasteiger partial charge in [0.2, 0.25) is 5.91 Å². The van der Waals surface area contributed by atoms with Gasteiger partial charge >= 0.3 is 0 Å². The van der Waals surface area contributed by atoms with E-state index in [1.54, 1.807) is 6.08 Å². The number of likely N-dealkylation sites (N-methyl/N-ethyl adjacent to an activating group) is 1. The third-order valence-corrected chi connectivity index (χ3v) is 5.16. The number of likely N-dealkylation sites (tertiary alicyclic amines) is 1. The summed E-state index contributed by atoms with van der Waals surface area (Å²) in [6, 6.07) is 18.4. The summed E-state index contributed by atoms with van der Waals surface area (Å²) >= 11 is 0. The average Bonchev–Trinajstić information content (AvgIpc) is 2.69. The van der Waals surface area contributed by atoms with E-state index in [4.69, 9.17) is 0 Å². The van der Waals surface area contributed by atoms with E-state index in [2.05, 4.69) is 24.3 Å². The Bertz CT molecular complexity index is 774. The van der Waals surface area contributed by atoms with Crippen LogP contribution in [0.1, 0.15) is 18.4 Å². The number of carbonyl (C=O) groups is 1. The zero-order valence-corrected chi connectivity index (χ0v) is 16.1. The minimum atomic E-state index is -0.862. The van der Waals surface area contributed by atoms with E-state index < -0.39 is 5.60 Å². The summed E-state index contributed by atoms with van der Waals surface area (Å²) in [4.78, 5) is 16.1. The van der Waals surface area contributed by atoms with Crippen LogP contribution >= 0.6 is 0 Å². The molecule has 0 saturated carbocycles. The molecule has 4 nitrogen and oxygen atoms in total. The van der Waals surface area contributed by atoms with E-state index in [0.29, 0.717) is 25.9 Å². The molecule has 4 heteroatoms. The highest BCUT2D eigenvalue weighted by Crippen LogP contribution is 2.34. The van der Waals surface area contributed by atoms with E-state index in [0.717, 1.165) is 17.7 Å². The maximum Gasteiger partial charge on any atom is 0.246 e. The molecule has 1 amide bonds. The molecular weight excluding hydrogens is 336 g/mol. The van der Waals surface area contributed by atoms with Gasteiger partial charge in [0.25, 0.3) is 0 Å². The van der Waals surface area contributed by atoms with E-state index in [1.807, 2.05) is 60.3 Å². The molecule has 1 heterocycles. The molecule has 0 unspecified atom stereocenters. The van der Waals surface area contributed by atoms with Crippen LogP contribution in [0.4, 0.5) is 0 Å². The van der Waals surface area contributed by atoms with Gasteiger partial charge in [0.15, 0.2) is 0 Å². The molecule has 0 radical (unpaired) electrons. The lowest BCUT2D eigenvalue weighted by Crippen LogP contribution is -2.44. The summed E-state index contributed by atoms with van der Waals surface area (Å²) in [6.45, 7) is 1.89. The number of benzene rings is 2. The lowest BCUT2D eigenvalue weighted by molar-refractivity contribution is -0.130. The smallest absolute Gasteiger partial charge is 0.246 e. The molecule has 1 aliphatic rings. The molecule has 1 N–H and O–H groups in total. The van der Waals surface area contributed by atoms with Crippen LogP contribution in [0.15, 0.2) is 66.7 Å². The van der Waals surface area contributed by atoms with Gasteiger partial charge in [-0.1, -0.05) is 60.7 Å². The van der Waals surface area contributed by atoms with Gasteiger partial charge in [-0.25, -0.2) is 0 Å². The third-order valence-electron chi connectivity index (χ3n) is 5.16. The summed E-state index contributed by atoms with van der Waals surface area (Å²) in [7, 11) is 3.94. The van der Waals surface area contributed by atoms with Crippen LogP contribution in [0, 0.1) is 0 Å². The van der Waals surface area contributed by atoms with Crippen LogP contribution in [-0.4, -0.2) is 54.5 Å². The lowest BCUT2D eigenvalue weighted by atomic mass is 9.84. The lowest BCUT2D eigenvalue weighted by Gasteiger charge is -2.38. The van der Waals surface area contributed by atoms with Gasteiger partial charge in [-0.15, -0.1) is 0 Å². The van der Waals surface area contributed by atoms with Gasteiger partial charge in [0.05, 0.1) is 5.60 Å². The first-order valence-corrected chi connectivity index (χ1v) is 9.46. The number of piperidine rings is 1. The Morgan fingerprint density at radius 2 is 1.63 bits per heavy atom. The van der Waals surface area contributed by atoms with Crippen LogP contribution in [0.2, 0.25) is 0 Å². The minimum absolute atomic E-state index is 0.0262. The second-order valence-corrected chi connectivity index (χ2v) is 7.46. The molecule has 1 saturated heterocycles. The Morgan fingerprint density at radius 3 is 2.22 bits per heavy atom. The highest BCUT2D eigenvalue weighted by molar-refractivity contribution is 5.87. The monoisotopic (exact) mass is 364 g/mol.